The van der Waals surface area contributed by atoms with Crippen LogP contribution in [-0.2, 0) is 10.0 Å². The van der Waals surface area contributed by atoms with Crippen LogP contribution in [0.4, 0.5) is 11.6 Å². The van der Waals surface area contributed by atoms with Gasteiger partial charge in [0.1, 0.15) is 5.82 Å². The SMILES string of the molecule is Cc1nccn1-c1ccc(C(=O)Nc2ccc(S(=O)(=O)Nc3ncccn3)cc2)nn1. The molecule has 31 heavy (non-hydrogen) atoms. The highest BCUT2D eigenvalue weighted by molar-refractivity contribution is 7.92. The molecule has 3 aromatic heterocycles. The fourth-order valence-electron chi connectivity index (χ4n) is 2.64. The summed E-state index contributed by atoms with van der Waals surface area (Å²) in [6, 6.07) is 10.4. The van der Waals surface area contributed by atoms with Crippen LogP contribution >= 0.6 is 0 Å². The maximum Gasteiger partial charge on any atom is 0.276 e. The monoisotopic (exact) mass is 436 g/mol. The first kappa shape index (κ1) is 20.1. The minimum absolute atomic E-state index is 0.00204. The molecule has 1 aromatic carbocycles. The summed E-state index contributed by atoms with van der Waals surface area (Å²) in [5.74, 6) is 0.770. The van der Waals surface area contributed by atoms with Gasteiger partial charge in [-0.05, 0) is 49.4 Å². The van der Waals surface area contributed by atoms with Gasteiger partial charge in [0, 0.05) is 30.5 Å². The van der Waals surface area contributed by atoms with Crippen molar-refractivity contribution in [2.45, 2.75) is 11.8 Å². The molecule has 11 nitrogen and oxygen atoms in total. The highest BCUT2D eigenvalue weighted by Gasteiger charge is 2.16. The molecule has 0 saturated carbocycles. The Hall–Kier alpha value is -4.19. The van der Waals surface area contributed by atoms with Crippen LogP contribution in [0, 0.1) is 6.92 Å². The maximum absolute atomic E-state index is 12.4. The number of nitrogens with one attached hydrogen (secondary N) is 2. The van der Waals surface area contributed by atoms with Gasteiger partial charge in [0.25, 0.3) is 15.9 Å². The Morgan fingerprint density at radius 3 is 2.29 bits per heavy atom. The van der Waals surface area contributed by atoms with Crippen molar-refractivity contribution >= 4 is 27.6 Å². The van der Waals surface area contributed by atoms with E-state index < -0.39 is 15.9 Å². The Morgan fingerprint density at radius 2 is 1.68 bits per heavy atom. The van der Waals surface area contributed by atoms with E-state index in [0.717, 1.165) is 5.82 Å². The number of benzene rings is 1. The smallest absolute Gasteiger partial charge is 0.276 e. The number of aromatic nitrogens is 6. The van der Waals surface area contributed by atoms with Crippen molar-refractivity contribution in [3.8, 4) is 5.82 Å². The first-order chi connectivity index (χ1) is 14.9. The molecule has 0 radical (unpaired) electrons. The second-order valence-electron chi connectivity index (χ2n) is 6.28. The topological polar surface area (TPSA) is 145 Å². The Balaban J connectivity index is 1.44. The molecule has 0 aliphatic carbocycles. The number of carbonyl (C=O) groups excluding carboxylic acids is 1. The largest absolute Gasteiger partial charge is 0.321 e. The predicted octanol–water partition coefficient (Wildman–Crippen LogP) is 1.81. The van der Waals surface area contributed by atoms with E-state index in [0.29, 0.717) is 11.5 Å². The van der Waals surface area contributed by atoms with Crippen LogP contribution in [0.1, 0.15) is 16.3 Å². The lowest BCUT2D eigenvalue weighted by molar-refractivity contribution is 0.102. The van der Waals surface area contributed by atoms with Crippen LogP contribution in [0.5, 0.6) is 0 Å². The van der Waals surface area contributed by atoms with Crippen molar-refractivity contribution in [3.63, 3.8) is 0 Å². The molecule has 0 aliphatic heterocycles. The lowest BCUT2D eigenvalue weighted by Gasteiger charge is -2.08. The molecule has 2 N–H and O–H groups in total. The quantitative estimate of drug-likeness (QED) is 0.465. The Kier molecular flexibility index (Phi) is 5.37. The number of sulfonamides is 1. The summed E-state index contributed by atoms with van der Waals surface area (Å²) in [6.07, 6.45) is 6.24. The fraction of sp³-hybridized carbons (Fsp3) is 0.0526. The third-order valence-electron chi connectivity index (χ3n) is 4.17. The minimum atomic E-state index is -3.86. The molecule has 0 aliphatic rings. The summed E-state index contributed by atoms with van der Waals surface area (Å²) in [5, 5.41) is 10.6. The molecule has 156 valence electrons. The van der Waals surface area contributed by atoms with E-state index in [1.54, 1.807) is 35.2 Å². The molecular weight excluding hydrogens is 420 g/mol. The van der Waals surface area contributed by atoms with E-state index in [1.165, 1.54) is 36.7 Å². The average molecular weight is 436 g/mol. The van der Waals surface area contributed by atoms with Crippen molar-refractivity contribution in [1.29, 1.82) is 0 Å². The second-order valence-corrected chi connectivity index (χ2v) is 7.96. The third kappa shape index (κ3) is 4.53. The van der Waals surface area contributed by atoms with Crippen LogP contribution in [0.25, 0.3) is 5.82 Å². The van der Waals surface area contributed by atoms with E-state index in [4.69, 9.17) is 0 Å². The fourth-order valence-corrected chi connectivity index (χ4v) is 3.60. The Morgan fingerprint density at radius 1 is 0.935 bits per heavy atom. The van der Waals surface area contributed by atoms with Gasteiger partial charge in [-0.15, -0.1) is 10.2 Å². The molecule has 0 bridgehead atoms. The number of aryl methyl sites for hydroxylation is 1. The zero-order valence-corrected chi connectivity index (χ0v) is 17.0. The molecule has 0 spiro atoms. The number of amides is 1. The minimum Gasteiger partial charge on any atom is -0.321 e. The molecule has 3 heterocycles. The van der Waals surface area contributed by atoms with Gasteiger partial charge in [-0.25, -0.2) is 28.1 Å². The van der Waals surface area contributed by atoms with E-state index >= 15 is 0 Å². The van der Waals surface area contributed by atoms with E-state index in [9.17, 15) is 13.2 Å². The summed E-state index contributed by atoms with van der Waals surface area (Å²) in [4.78, 5) is 24.2. The predicted molar refractivity (Wildman–Crippen MR) is 111 cm³/mol. The molecule has 12 heteroatoms. The third-order valence-corrected chi connectivity index (χ3v) is 5.51. The van der Waals surface area contributed by atoms with Crippen LogP contribution in [-0.4, -0.2) is 44.0 Å². The van der Waals surface area contributed by atoms with Crippen molar-refractivity contribution in [1.82, 2.24) is 29.7 Å². The Labute approximate surface area is 177 Å². The van der Waals surface area contributed by atoms with Gasteiger partial charge in [-0.3, -0.25) is 9.36 Å². The summed E-state index contributed by atoms with van der Waals surface area (Å²) in [5.41, 5.74) is 0.511. The van der Waals surface area contributed by atoms with Crippen LogP contribution in [0.3, 0.4) is 0 Å². The number of nitrogens with zero attached hydrogens (tertiary/aromatic N) is 6. The van der Waals surface area contributed by atoms with Gasteiger partial charge in [0.15, 0.2) is 11.5 Å². The summed E-state index contributed by atoms with van der Waals surface area (Å²) in [7, 11) is -3.86. The van der Waals surface area contributed by atoms with Gasteiger partial charge in [-0.1, -0.05) is 0 Å². The maximum atomic E-state index is 12.4. The first-order valence-corrected chi connectivity index (χ1v) is 10.5. The molecule has 1 amide bonds. The molecule has 0 saturated heterocycles. The average Bonchev–Trinajstić information content (AvgIpc) is 3.20. The molecule has 4 aromatic rings. The Bertz CT molecular complexity index is 1300. The van der Waals surface area contributed by atoms with Gasteiger partial charge in [0.05, 0.1) is 4.90 Å². The summed E-state index contributed by atoms with van der Waals surface area (Å²) < 4.78 is 28.8. The number of hydrogen-bond donors (Lipinski definition) is 2. The highest BCUT2D eigenvalue weighted by Crippen LogP contribution is 2.17. The number of hydrogen-bond acceptors (Lipinski definition) is 8. The summed E-state index contributed by atoms with van der Waals surface area (Å²) in [6.45, 7) is 1.83. The van der Waals surface area contributed by atoms with Crippen LogP contribution < -0.4 is 10.0 Å². The number of carbonyl (C=O) groups is 1. The number of imidazole rings is 1. The number of anilines is 2. The van der Waals surface area contributed by atoms with E-state index in [1.807, 2.05) is 6.92 Å². The van der Waals surface area contributed by atoms with Gasteiger partial charge >= 0.3 is 0 Å². The van der Waals surface area contributed by atoms with Crippen LogP contribution in [0.2, 0.25) is 0 Å². The molecule has 0 unspecified atom stereocenters. The van der Waals surface area contributed by atoms with Gasteiger partial charge in [-0.2, -0.15) is 0 Å². The lowest BCUT2D eigenvalue weighted by atomic mass is 10.3. The summed E-state index contributed by atoms with van der Waals surface area (Å²) >= 11 is 0. The van der Waals surface area contributed by atoms with E-state index in [-0.39, 0.29) is 16.5 Å². The van der Waals surface area contributed by atoms with Gasteiger partial charge in [0.2, 0.25) is 5.95 Å². The highest BCUT2D eigenvalue weighted by atomic mass is 32.2. The zero-order chi connectivity index (χ0) is 21.8. The first-order valence-electron chi connectivity index (χ1n) is 8.98. The van der Waals surface area contributed by atoms with Crippen molar-refractivity contribution in [2.24, 2.45) is 0 Å². The second kappa shape index (κ2) is 8.28. The number of rotatable bonds is 6. The normalized spacial score (nSPS) is 11.1. The molecule has 0 fully saturated rings. The standard InChI is InChI=1S/C19H16N8O3S/c1-13-20-11-12-27(13)17-8-7-16(24-25-17)18(28)23-14-3-5-15(6-4-14)31(29,30)26-19-21-9-2-10-22-19/h2-12H,1H3,(H,23,28)(H,21,22,26). The molecule has 4 rings (SSSR count). The van der Waals surface area contributed by atoms with Crippen molar-refractivity contribution in [2.75, 3.05) is 10.0 Å². The van der Waals surface area contributed by atoms with Crippen molar-refractivity contribution in [3.05, 3.63) is 78.8 Å². The van der Waals surface area contributed by atoms with E-state index in [2.05, 4.69) is 35.2 Å². The van der Waals surface area contributed by atoms with Crippen LogP contribution in [0.15, 0.2) is 72.1 Å². The zero-order valence-electron chi connectivity index (χ0n) is 16.2. The van der Waals surface area contributed by atoms with Gasteiger partial charge < -0.3 is 5.32 Å². The molecule has 0 atom stereocenters. The molecular formula is C19H16N8O3S. The van der Waals surface area contributed by atoms with Crippen molar-refractivity contribution < 1.29 is 13.2 Å². The lowest BCUT2D eigenvalue weighted by Crippen LogP contribution is -2.16.